The third-order valence-corrected chi connectivity index (χ3v) is 5.62. The number of benzene rings is 1. The molecule has 0 saturated heterocycles. The molecule has 27 heavy (non-hydrogen) atoms. The van der Waals surface area contributed by atoms with Gasteiger partial charge in [-0.2, -0.15) is 5.10 Å². The molecule has 0 unspecified atom stereocenters. The fourth-order valence-electron chi connectivity index (χ4n) is 2.43. The Morgan fingerprint density at radius 3 is 2.96 bits per heavy atom. The molecule has 0 atom stereocenters. The quantitative estimate of drug-likeness (QED) is 0.463. The summed E-state index contributed by atoms with van der Waals surface area (Å²) in [5.41, 5.74) is 2.98. The molecule has 0 bridgehead atoms. The predicted molar refractivity (Wildman–Crippen MR) is 110 cm³/mol. The minimum atomic E-state index is -0.409. The van der Waals surface area contributed by atoms with Crippen LogP contribution in [0.15, 0.2) is 45.0 Å². The third-order valence-electron chi connectivity index (χ3n) is 3.81. The highest BCUT2D eigenvalue weighted by atomic mass is 79.9. The fourth-order valence-corrected chi connectivity index (χ4v) is 3.91. The highest BCUT2D eigenvalue weighted by Gasteiger charge is 2.10. The average molecular weight is 449 g/mol. The van der Waals surface area contributed by atoms with Crippen molar-refractivity contribution in [2.75, 3.05) is 7.11 Å². The number of halogens is 1. The van der Waals surface area contributed by atoms with Crippen molar-refractivity contribution in [1.82, 2.24) is 15.0 Å². The third kappa shape index (κ3) is 4.42. The van der Waals surface area contributed by atoms with Crippen LogP contribution in [-0.4, -0.2) is 28.8 Å². The first kappa shape index (κ1) is 19.2. The number of amides is 1. The highest BCUT2D eigenvalue weighted by Crippen LogP contribution is 2.24. The molecule has 2 heterocycles. The van der Waals surface area contributed by atoms with Crippen molar-refractivity contribution in [3.8, 4) is 5.75 Å². The molecule has 7 nitrogen and oxygen atoms in total. The summed E-state index contributed by atoms with van der Waals surface area (Å²) in [4.78, 5) is 30.6. The Hall–Kier alpha value is -2.52. The molecule has 3 aromatic rings. The second kappa shape index (κ2) is 8.45. The van der Waals surface area contributed by atoms with Crippen LogP contribution in [0.25, 0.3) is 10.2 Å². The number of nitrogens with one attached hydrogen (secondary N) is 1. The van der Waals surface area contributed by atoms with Gasteiger partial charge < -0.3 is 4.74 Å². The summed E-state index contributed by atoms with van der Waals surface area (Å²) < 4.78 is 7.23. The monoisotopic (exact) mass is 448 g/mol. The van der Waals surface area contributed by atoms with Gasteiger partial charge in [-0.15, -0.1) is 11.3 Å². The zero-order valence-electron chi connectivity index (χ0n) is 14.7. The summed E-state index contributed by atoms with van der Waals surface area (Å²) in [5.74, 6) is 0.297. The largest absolute Gasteiger partial charge is 0.496 e. The topological polar surface area (TPSA) is 85.6 Å². The van der Waals surface area contributed by atoms with E-state index in [1.807, 2.05) is 25.1 Å². The van der Waals surface area contributed by atoms with Crippen molar-refractivity contribution in [3.63, 3.8) is 0 Å². The number of carbonyl (C=O) groups excluding carboxylic acids is 1. The minimum Gasteiger partial charge on any atom is -0.496 e. The lowest BCUT2D eigenvalue weighted by molar-refractivity contribution is -0.121. The van der Waals surface area contributed by atoms with Crippen LogP contribution in [-0.2, 0) is 17.8 Å². The molecule has 0 saturated carbocycles. The van der Waals surface area contributed by atoms with Crippen LogP contribution in [0.2, 0.25) is 0 Å². The average Bonchev–Trinajstić information content (AvgIpc) is 3.08. The van der Waals surface area contributed by atoms with E-state index in [4.69, 9.17) is 4.74 Å². The fraction of sp³-hybridized carbons (Fsp3) is 0.222. The van der Waals surface area contributed by atoms with E-state index in [2.05, 4.69) is 31.4 Å². The highest BCUT2D eigenvalue weighted by molar-refractivity contribution is 9.10. The van der Waals surface area contributed by atoms with E-state index >= 15 is 0 Å². The van der Waals surface area contributed by atoms with Crippen molar-refractivity contribution in [1.29, 1.82) is 0 Å². The van der Waals surface area contributed by atoms with Crippen molar-refractivity contribution >= 4 is 49.6 Å². The number of aromatic nitrogens is 2. The molecule has 0 aliphatic heterocycles. The number of aryl methyl sites for hydroxylation is 1. The molecular formula is C18H17BrN4O3S. The van der Waals surface area contributed by atoms with Crippen molar-refractivity contribution in [2.24, 2.45) is 5.10 Å². The standard InChI is InChI=1S/C18H17BrN4O3S/c1-3-12-7-13-17(27-12)20-10-23(18(13)25)9-16(24)22-21-8-11-4-5-15(26-2)14(19)6-11/h4-8,10H,3,9H2,1-2H3,(H,22,24). The van der Waals surface area contributed by atoms with Gasteiger partial charge in [-0.1, -0.05) is 6.92 Å². The first-order chi connectivity index (χ1) is 13.0. The lowest BCUT2D eigenvalue weighted by Gasteiger charge is -2.04. The molecule has 9 heteroatoms. The smallest absolute Gasteiger partial charge is 0.262 e. The molecule has 3 rings (SSSR count). The van der Waals surface area contributed by atoms with Crippen LogP contribution in [0.3, 0.4) is 0 Å². The van der Waals surface area contributed by atoms with Gasteiger partial charge in [0.25, 0.3) is 11.5 Å². The van der Waals surface area contributed by atoms with Gasteiger partial charge in [0.05, 0.1) is 29.5 Å². The maximum Gasteiger partial charge on any atom is 0.262 e. The Morgan fingerprint density at radius 2 is 2.26 bits per heavy atom. The number of hydrogen-bond donors (Lipinski definition) is 1. The lowest BCUT2D eigenvalue weighted by atomic mass is 10.2. The lowest BCUT2D eigenvalue weighted by Crippen LogP contribution is -2.29. The molecule has 0 aliphatic carbocycles. The number of carbonyl (C=O) groups is 1. The van der Waals surface area contributed by atoms with Gasteiger partial charge in [-0.3, -0.25) is 14.2 Å². The maximum absolute atomic E-state index is 12.5. The summed E-state index contributed by atoms with van der Waals surface area (Å²) in [6.07, 6.45) is 3.75. The molecule has 1 aromatic carbocycles. The summed E-state index contributed by atoms with van der Waals surface area (Å²) in [5, 5.41) is 4.46. The molecule has 2 aromatic heterocycles. The Balaban J connectivity index is 1.67. The Morgan fingerprint density at radius 1 is 1.44 bits per heavy atom. The van der Waals surface area contributed by atoms with Gasteiger partial charge >= 0.3 is 0 Å². The van der Waals surface area contributed by atoms with Crippen LogP contribution >= 0.6 is 27.3 Å². The summed E-state index contributed by atoms with van der Waals surface area (Å²) in [7, 11) is 1.58. The molecule has 0 aliphatic rings. The number of fused-ring (bicyclic) bond motifs is 1. The molecule has 0 fully saturated rings. The molecular weight excluding hydrogens is 432 g/mol. The normalized spacial score (nSPS) is 11.2. The summed E-state index contributed by atoms with van der Waals surface area (Å²) >= 11 is 4.88. The first-order valence-corrected chi connectivity index (χ1v) is 9.76. The molecule has 1 N–H and O–H groups in total. The number of rotatable bonds is 6. The number of thiophene rings is 1. The van der Waals surface area contributed by atoms with Crippen molar-refractivity contribution in [2.45, 2.75) is 19.9 Å². The van der Waals surface area contributed by atoms with E-state index in [1.54, 1.807) is 13.2 Å². The molecule has 0 radical (unpaired) electrons. The van der Waals surface area contributed by atoms with Crippen molar-refractivity contribution < 1.29 is 9.53 Å². The van der Waals surface area contributed by atoms with Gasteiger partial charge in [-0.05, 0) is 52.2 Å². The predicted octanol–water partition coefficient (Wildman–Crippen LogP) is 2.94. The number of ether oxygens (including phenoxy) is 1. The molecule has 1 amide bonds. The van der Waals surface area contributed by atoms with Gasteiger partial charge in [0.2, 0.25) is 0 Å². The second-order valence-electron chi connectivity index (χ2n) is 5.65. The molecule has 140 valence electrons. The second-order valence-corrected chi connectivity index (χ2v) is 7.62. The van der Waals surface area contributed by atoms with E-state index in [0.717, 1.165) is 21.3 Å². The van der Waals surface area contributed by atoms with Crippen LogP contribution in [0.1, 0.15) is 17.4 Å². The van der Waals surface area contributed by atoms with E-state index in [-0.39, 0.29) is 12.1 Å². The Kier molecular flexibility index (Phi) is 6.02. The van der Waals surface area contributed by atoms with E-state index in [9.17, 15) is 9.59 Å². The van der Waals surface area contributed by atoms with Crippen LogP contribution in [0.5, 0.6) is 5.75 Å². The van der Waals surface area contributed by atoms with Gasteiger partial charge in [0.15, 0.2) is 0 Å². The zero-order chi connectivity index (χ0) is 19.4. The summed E-state index contributed by atoms with van der Waals surface area (Å²) in [6, 6.07) is 7.25. The van der Waals surface area contributed by atoms with Gasteiger partial charge in [0, 0.05) is 4.88 Å². The van der Waals surface area contributed by atoms with Gasteiger partial charge in [0.1, 0.15) is 17.1 Å². The van der Waals surface area contributed by atoms with E-state index in [0.29, 0.717) is 16.0 Å². The summed E-state index contributed by atoms with van der Waals surface area (Å²) in [6.45, 7) is 1.87. The number of nitrogens with zero attached hydrogens (tertiary/aromatic N) is 3. The number of hydrogen-bond acceptors (Lipinski definition) is 6. The Labute approximate surface area is 167 Å². The van der Waals surface area contributed by atoms with Crippen molar-refractivity contribution in [3.05, 3.63) is 55.9 Å². The van der Waals surface area contributed by atoms with Gasteiger partial charge in [-0.25, -0.2) is 10.4 Å². The van der Waals surface area contributed by atoms with E-state index < -0.39 is 5.91 Å². The minimum absolute atomic E-state index is 0.150. The molecule has 0 spiro atoms. The zero-order valence-corrected chi connectivity index (χ0v) is 17.1. The van der Waals surface area contributed by atoms with Crippen LogP contribution in [0, 0.1) is 0 Å². The number of methoxy groups -OCH3 is 1. The SMILES string of the molecule is CCc1cc2c(=O)n(CC(=O)NN=Cc3ccc(OC)c(Br)c3)cnc2s1. The van der Waals surface area contributed by atoms with Crippen LogP contribution in [0.4, 0.5) is 0 Å². The van der Waals surface area contributed by atoms with E-state index in [1.165, 1.54) is 28.4 Å². The number of hydrazone groups is 1. The first-order valence-electron chi connectivity index (χ1n) is 8.15. The Bertz CT molecular complexity index is 1070. The maximum atomic E-state index is 12.5. The van der Waals surface area contributed by atoms with Crippen LogP contribution < -0.4 is 15.7 Å².